The van der Waals surface area contributed by atoms with E-state index in [9.17, 15) is 15.2 Å². The van der Waals surface area contributed by atoms with Gasteiger partial charge in [-0.25, -0.2) is 0 Å². The molecule has 0 aliphatic carbocycles. The number of phenols is 1. The van der Waals surface area contributed by atoms with Gasteiger partial charge in [-0.1, -0.05) is 18.2 Å². The molecule has 0 aliphatic heterocycles. The average Bonchev–Trinajstić information content (AvgIpc) is 2.46. The standard InChI is InChI=1S/C13H13N3O3S/c14-15-10-6-5-9(7-11(10)16(18)19)8-20-13-4-2-1-3-12(13)17/h1-7,15,17H,8,14H2. The van der Waals surface area contributed by atoms with E-state index >= 15 is 0 Å². The number of nitro groups is 1. The molecular weight excluding hydrogens is 278 g/mol. The average molecular weight is 291 g/mol. The van der Waals surface area contributed by atoms with E-state index < -0.39 is 4.92 Å². The normalized spacial score (nSPS) is 10.2. The van der Waals surface area contributed by atoms with E-state index in [1.54, 1.807) is 30.3 Å². The zero-order valence-electron chi connectivity index (χ0n) is 10.4. The predicted octanol–water partition coefficient (Wildman–Crippen LogP) is 2.88. The third kappa shape index (κ3) is 3.19. The summed E-state index contributed by atoms with van der Waals surface area (Å²) >= 11 is 1.41. The first-order chi connectivity index (χ1) is 9.61. The number of phenolic OH excluding ortho intramolecular Hbond substituents is 1. The molecule has 0 spiro atoms. The molecule has 2 aromatic carbocycles. The molecule has 104 valence electrons. The molecule has 0 amide bonds. The molecule has 0 aliphatic rings. The number of nitro benzene ring substituents is 1. The third-order valence-corrected chi connectivity index (χ3v) is 3.81. The molecule has 0 radical (unpaired) electrons. The molecule has 0 heterocycles. The van der Waals surface area contributed by atoms with Crippen molar-refractivity contribution in [2.75, 3.05) is 5.43 Å². The Kier molecular flexibility index (Phi) is 4.44. The lowest BCUT2D eigenvalue weighted by molar-refractivity contribution is -0.384. The summed E-state index contributed by atoms with van der Waals surface area (Å²) in [6.07, 6.45) is 0. The fourth-order valence-electron chi connectivity index (χ4n) is 1.68. The number of para-hydroxylation sites is 1. The van der Waals surface area contributed by atoms with E-state index in [0.29, 0.717) is 5.75 Å². The molecular formula is C13H13N3O3S. The summed E-state index contributed by atoms with van der Waals surface area (Å²) in [4.78, 5) is 11.2. The number of thioether (sulfide) groups is 1. The van der Waals surface area contributed by atoms with Crippen molar-refractivity contribution in [3.05, 3.63) is 58.1 Å². The summed E-state index contributed by atoms with van der Waals surface area (Å²) in [6.45, 7) is 0. The van der Waals surface area contributed by atoms with E-state index in [-0.39, 0.29) is 17.1 Å². The van der Waals surface area contributed by atoms with Gasteiger partial charge in [-0.2, -0.15) is 0 Å². The molecule has 0 aromatic heterocycles. The number of hydrazine groups is 1. The van der Waals surface area contributed by atoms with Crippen molar-refractivity contribution in [2.24, 2.45) is 5.84 Å². The predicted molar refractivity (Wildman–Crippen MR) is 78.6 cm³/mol. The van der Waals surface area contributed by atoms with Crippen molar-refractivity contribution in [1.82, 2.24) is 0 Å². The van der Waals surface area contributed by atoms with Gasteiger partial charge in [-0.15, -0.1) is 11.8 Å². The zero-order valence-corrected chi connectivity index (χ0v) is 11.3. The molecule has 2 aromatic rings. The summed E-state index contributed by atoms with van der Waals surface area (Å²) in [5.41, 5.74) is 3.28. The number of rotatable bonds is 5. The molecule has 7 heteroatoms. The Bertz CT molecular complexity index is 634. The van der Waals surface area contributed by atoms with Gasteiger partial charge in [0.25, 0.3) is 5.69 Å². The number of nitrogens with one attached hydrogen (secondary N) is 1. The van der Waals surface area contributed by atoms with Crippen LogP contribution in [0.3, 0.4) is 0 Å². The smallest absolute Gasteiger partial charge is 0.293 e. The molecule has 2 rings (SSSR count). The van der Waals surface area contributed by atoms with Crippen LogP contribution in [0.1, 0.15) is 5.56 Å². The van der Waals surface area contributed by atoms with E-state index in [1.807, 2.05) is 6.07 Å². The lowest BCUT2D eigenvalue weighted by Gasteiger charge is -2.06. The number of anilines is 1. The summed E-state index contributed by atoms with van der Waals surface area (Å²) in [5.74, 6) is 5.95. The number of nitrogens with two attached hydrogens (primary N) is 1. The Balaban J connectivity index is 2.16. The van der Waals surface area contributed by atoms with Crippen LogP contribution in [0.25, 0.3) is 0 Å². The van der Waals surface area contributed by atoms with Gasteiger partial charge in [-0.3, -0.25) is 16.0 Å². The Morgan fingerprint density at radius 1 is 1.30 bits per heavy atom. The van der Waals surface area contributed by atoms with Gasteiger partial charge >= 0.3 is 0 Å². The lowest BCUT2D eigenvalue weighted by Crippen LogP contribution is -2.09. The van der Waals surface area contributed by atoms with E-state index in [1.165, 1.54) is 17.8 Å². The Morgan fingerprint density at radius 2 is 2.05 bits per heavy atom. The van der Waals surface area contributed by atoms with Crippen LogP contribution in [0.4, 0.5) is 11.4 Å². The monoisotopic (exact) mass is 291 g/mol. The maximum absolute atomic E-state index is 10.9. The van der Waals surface area contributed by atoms with Gasteiger partial charge in [0.05, 0.1) is 4.92 Å². The van der Waals surface area contributed by atoms with Crippen LogP contribution in [-0.4, -0.2) is 10.0 Å². The second-order valence-electron chi connectivity index (χ2n) is 4.01. The van der Waals surface area contributed by atoms with Gasteiger partial charge in [0.1, 0.15) is 11.4 Å². The number of nitrogens with zero attached hydrogens (tertiary/aromatic N) is 1. The van der Waals surface area contributed by atoms with Crippen LogP contribution in [0, 0.1) is 10.1 Å². The van der Waals surface area contributed by atoms with Gasteiger partial charge in [0.2, 0.25) is 0 Å². The minimum Gasteiger partial charge on any atom is -0.507 e. The molecule has 20 heavy (non-hydrogen) atoms. The quantitative estimate of drug-likeness (QED) is 0.339. The number of aromatic hydroxyl groups is 1. The molecule has 0 atom stereocenters. The van der Waals surface area contributed by atoms with Gasteiger partial charge in [0, 0.05) is 16.7 Å². The highest BCUT2D eigenvalue weighted by atomic mass is 32.2. The summed E-state index contributed by atoms with van der Waals surface area (Å²) in [6, 6.07) is 11.8. The lowest BCUT2D eigenvalue weighted by atomic mass is 10.2. The maximum atomic E-state index is 10.9. The highest BCUT2D eigenvalue weighted by Crippen LogP contribution is 2.32. The molecule has 0 saturated heterocycles. The first-order valence-electron chi connectivity index (χ1n) is 5.76. The highest BCUT2D eigenvalue weighted by molar-refractivity contribution is 7.98. The fraction of sp³-hybridized carbons (Fsp3) is 0.0769. The van der Waals surface area contributed by atoms with Crippen LogP contribution < -0.4 is 11.3 Å². The Hall–Kier alpha value is -2.25. The molecule has 4 N–H and O–H groups in total. The molecule has 0 saturated carbocycles. The van der Waals surface area contributed by atoms with Crippen LogP contribution in [0.15, 0.2) is 47.4 Å². The Labute approximate surface area is 119 Å². The zero-order chi connectivity index (χ0) is 14.5. The van der Waals surface area contributed by atoms with Crippen molar-refractivity contribution in [1.29, 1.82) is 0 Å². The van der Waals surface area contributed by atoms with Gasteiger partial charge in [-0.05, 0) is 23.8 Å². The number of hydrogen-bond donors (Lipinski definition) is 3. The second-order valence-corrected chi connectivity index (χ2v) is 5.03. The van der Waals surface area contributed by atoms with E-state index in [2.05, 4.69) is 5.43 Å². The van der Waals surface area contributed by atoms with Crippen molar-refractivity contribution < 1.29 is 10.0 Å². The van der Waals surface area contributed by atoms with E-state index in [0.717, 1.165) is 10.5 Å². The number of benzene rings is 2. The maximum Gasteiger partial charge on any atom is 0.293 e. The Morgan fingerprint density at radius 3 is 2.70 bits per heavy atom. The van der Waals surface area contributed by atoms with E-state index in [4.69, 9.17) is 5.84 Å². The first-order valence-corrected chi connectivity index (χ1v) is 6.75. The highest BCUT2D eigenvalue weighted by Gasteiger charge is 2.14. The van der Waals surface area contributed by atoms with Gasteiger partial charge < -0.3 is 10.5 Å². The minimum atomic E-state index is -0.483. The van der Waals surface area contributed by atoms with Crippen LogP contribution in [-0.2, 0) is 5.75 Å². The van der Waals surface area contributed by atoms with Crippen molar-refractivity contribution in [3.8, 4) is 5.75 Å². The summed E-state index contributed by atoms with van der Waals surface area (Å²) in [7, 11) is 0. The largest absolute Gasteiger partial charge is 0.507 e. The number of nitrogen functional groups attached to an aromatic ring is 1. The van der Waals surface area contributed by atoms with Crippen LogP contribution in [0.5, 0.6) is 5.75 Å². The van der Waals surface area contributed by atoms with Crippen LogP contribution >= 0.6 is 11.8 Å². The molecule has 6 nitrogen and oxygen atoms in total. The summed E-state index contributed by atoms with van der Waals surface area (Å²) in [5, 5.41) is 20.6. The SMILES string of the molecule is NNc1ccc(CSc2ccccc2O)cc1[N+](=O)[O-]. The molecule has 0 bridgehead atoms. The van der Waals surface area contributed by atoms with Crippen molar-refractivity contribution in [3.63, 3.8) is 0 Å². The summed E-state index contributed by atoms with van der Waals surface area (Å²) < 4.78 is 0. The molecule has 0 fully saturated rings. The fourth-order valence-corrected chi connectivity index (χ4v) is 2.57. The third-order valence-electron chi connectivity index (χ3n) is 2.67. The minimum absolute atomic E-state index is 0.0668. The second kappa shape index (κ2) is 6.27. The van der Waals surface area contributed by atoms with Crippen molar-refractivity contribution in [2.45, 2.75) is 10.6 Å². The van der Waals surface area contributed by atoms with Crippen molar-refractivity contribution >= 4 is 23.1 Å². The topological polar surface area (TPSA) is 101 Å². The van der Waals surface area contributed by atoms with Crippen LogP contribution in [0.2, 0.25) is 0 Å². The molecule has 0 unspecified atom stereocenters. The first kappa shape index (κ1) is 14.2. The van der Waals surface area contributed by atoms with Gasteiger partial charge in [0.15, 0.2) is 0 Å². The number of hydrogen-bond acceptors (Lipinski definition) is 6.